The normalized spacial score (nSPS) is 25.5. The molecular formula is C9H12BNO4. The molecule has 1 fully saturated rings. The van der Waals surface area contributed by atoms with Crippen molar-refractivity contribution in [3.05, 3.63) is 24.5 Å². The molecule has 15 heavy (non-hydrogen) atoms. The largest absolute Gasteiger partial charge is 0.494 e. The van der Waals surface area contributed by atoms with Crippen LogP contribution in [0.5, 0.6) is 0 Å². The number of ether oxygens (including phenoxy) is 1. The number of hydrogen-bond donors (Lipinski definition) is 2. The Hall–Kier alpha value is -0.945. The number of aliphatic hydroxyl groups excluding tert-OH is 1. The van der Waals surface area contributed by atoms with Gasteiger partial charge >= 0.3 is 7.12 Å². The van der Waals surface area contributed by atoms with Crippen molar-refractivity contribution in [3.8, 4) is 0 Å². The highest BCUT2D eigenvalue weighted by Crippen LogP contribution is 2.18. The van der Waals surface area contributed by atoms with Gasteiger partial charge in [0.25, 0.3) is 0 Å². The van der Waals surface area contributed by atoms with E-state index in [1.165, 1.54) is 6.20 Å². The van der Waals surface area contributed by atoms with E-state index in [2.05, 4.69) is 4.98 Å². The fourth-order valence-corrected chi connectivity index (χ4v) is 1.43. The fourth-order valence-electron chi connectivity index (χ4n) is 1.43. The molecule has 2 unspecified atom stereocenters. The predicted molar refractivity (Wildman–Crippen MR) is 53.0 cm³/mol. The maximum Gasteiger partial charge on any atom is 0.494 e. The van der Waals surface area contributed by atoms with Gasteiger partial charge in [0, 0.05) is 30.7 Å². The number of rotatable bonds is 3. The number of aliphatic hydroxyl groups is 1. The lowest BCUT2D eigenvalue weighted by Crippen LogP contribution is -2.37. The maximum atomic E-state index is 9.64. The van der Waals surface area contributed by atoms with Gasteiger partial charge in [0.15, 0.2) is 6.29 Å². The Morgan fingerprint density at radius 1 is 1.53 bits per heavy atom. The van der Waals surface area contributed by atoms with Crippen LogP contribution in [0.15, 0.2) is 24.5 Å². The van der Waals surface area contributed by atoms with Crippen molar-refractivity contribution in [1.29, 1.82) is 0 Å². The van der Waals surface area contributed by atoms with E-state index in [9.17, 15) is 5.02 Å². The van der Waals surface area contributed by atoms with Gasteiger partial charge in [-0.15, -0.1) is 0 Å². The van der Waals surface area contributed by atoms with Crippen molar-refractivity contribution >= 4 is 12.6 Å². The number of pyridine rings is 1. The van der Waals surface area contributed by atoms with Gasteiger partial charge in [-0.1, -0.05) is 6.07 Å². The molecule has 80 valence electrons. The molecule has 2 rings (SSSR count). The average Bonchev–Trinajstić information content (AvgIpc) is 2.65. The van der Waals surface area contributed by atoms with E-state index in [-0.39, 0.29) is 0 Å². The summed E-state index contributed by atoms with van der Waals surface area (Å²) in [5.41, 5.74) is 0.572. The van der Waals surface area contributed by atoms with Gasteiger partial charge in [0.1, 0.15) is 6.29 Å². The smallest absolute Gasteiger partial charge is 0.423 e. The Morgan fingerprint density at radius 2 is 2.40 bits per heavy atom. The molecule has 0 spiro atoms. The Balaban J connectivity index is 1.90. The molecule has 0 bridgehead atoms. The molecule has 1 aliphatic rings. The Morgan fingerprint density at radius 3 is 3.00 bits per heavy atom. The monoisotopic (exact) mass is 209 g/mol. The lowest BCUT2D eigenvalue weighted by Gasteiger charge is -2.14. The van der Waals surface area contributed by atoms with Gasteiger partial charge in [-0.3, -0.25) is 4.98 Å². The maximum absolute atomic E-state index is 9.64. The third-order valence-corrected chi connectivity index (χ3v) is 2.21. The lowest BCUT2D eigenvalue weighted by molar-refractivity contribution is -0.154. The minimum absolute atomic E-state index is 0.532. The van der Waals surface area contributed by atoms with Gasteiger partial charge < -0.3 is 19.5 Å². The molecule has 0 radical (unpaired) electrons. The molecule has 1 aromatic rings. The van der Waals surface area contributed by atoms with Crippen molar-refractivity contribution in [3.63, 3.8) is 0 Å². The summed E-state index contributed by atoms with van der Waals surface area (Å²) in [6, 6.07) is 3.43. The van der Waals surface area contributed by atoms with Crippen molar-refractivity contribution in [2.75, 3.05) is 0 Å². The summed E-state index contributed by atoms with van der Waals surface area (Å²) < 4.78 is 10.2. The number of aromatic nitrogens is 1. The third-order valence-electron chi connectivity index (χ3n) is 2.21. The Bertz CT molecular complexity index is 310. The second-order valence-electron chi connectivity index (χ2n) is 3.37. The van der Waals surface area contributed by atoms with E-state index in [1.807, 2.05) is 0 Å². The summed E-state index contributed by atoms with van der Waals surface area (Å²) in [7, 11) is -1.06. The summed E-state index contributed by atoms with van der Waals surface area (Å²) in [6.45, 7) is 0. The first kappa shape index (κ1) is 10.6. The average molecular weight is 209 g/mol. The van der Waals surface area contributed by atoms with Gasteiger partial charge in [-0.25, -0.2) is 0 Å². The van der Waals surface area contributed by atoms with Crippen LogP contribution in [0.25, 0.3) is 0 Å². The van der Waals surface area contributed by atoms with Crippen LogP contribution in [-0.2, 0) is 9.39 Å². The molecular weight excluding hydrogens is 197 g/mol. The lowest BCUT2D eigenvalue weighted by atomic mass is 9.81. The summed E-state index contributed by atoms with van der Waals surface area (Å²) in [6.07, 6.45) is 2.93. The third kappa shape index (κ3) is 2.76. The van der Waals surface area contributed by atoms with E-state index in [0.29, 0.717) is 18.3 Å². The topological polar surface area (TPSA) is 71.8 Å². The second kappa shape index (κ2) is 4.72. The first-order valence-electron chi connectivity index (χ1n) is 4.82. The molecule has 2 atom stereocenters. The molecule has 5 nitrogen and oxygen atoms in total. The Labute approximate surface area is 87.8 Å². The molecule has 2 heterocycles. The van der Waals surface area contributed by atoms with Crippen molar-refractivity contribution < 1.29 is 19.5 Å². The van der Waals surface area contributed by atoms with Crippen LogP contribution in [0.1, 0.15) is 12.8 Å². The van der Waals surface area contributed by atoms with E-state index in [4.69, 9.17) is 14.5 Å². The van der Waals surface area contributed by atoms with Crippen LogP contribution in [0.4, 0.5) is 0 Å². The van der Waals surface area contributed by atoms with Gasteiger partial charge in [-0.05, 0) is 6.07 Å². The first-order valence-corrected chi connectivity index (χ1v) is 4.82. The summed E-state index contributed by atoms with van der Waals surface area (Å²) >= 11 is 0. The molecule has 1 aromatic heterocycles. The van der Waals surface area contributed by atoms with Gasteiger partial charge in [0.2, 0.25) is 0 Å². The highest BCUT2D eigenvalue weighted by molar-refractivity contribution is 6.59. The zero-order valence-corrected chi connectivity index (χ0v) is 8.11. The highest BCUT2D eigenvalue weighted by Gasteiger charge is 2.29. The summed E-state index contributed by atoms with van der Waals surface area (Å²) in [5.74, 6) is 0. The zero-order chi connectivity index (χ0) is 10.7. The SMILES string of the molecule is OB(OC1CCC(O)O1)c1cccnc1. The second-order valence-corrected chi connectivity index (χ2v) is 3.37. The van der Waals surface area contributed by atoms with Crippen LogP contribution in [-0.4, -0.2) is 34.8 Å². The van der Waals surface area contributed by atoms with Gasteiger partial charge in [-0.2, -0.15) is 0 Å². The molecule has 0 amide bonds. The highest BCUT2D eigenvalue weighted by atomic mass is 16.7. The standard InChI is InChI=1S/C9H12BNO4/c12-8-3-4-9(14-8)15-10(13)7-2-1-5-11-6-7/h1-2,5-6,8-9,12-13H,3-4H2. The summed E-state index contributed by atoms with van der Waals surface area (Å²) in [5, 5.41) is 18.7. The molecule has 0 aliphatic carbocycles. The molecule has 1 saturated heterocycles. The van der Waals surface area contributed by atoms with Crippen LogP contribution < -0.4 is 5.46 Å². The van der Waals surface area contributed by atoms with E-state index >= 15 is 0 Å². The van der Waals surface area contributed by atoms with Crippen molar-refractivity contribution in [1.82, 2.24) is 4.98 Å². The molecule has 0 aromatic carbocycles. The number of hydrogen-bond acceptors (Lipinski definition) is 5. The molecule has 0 saturated carbocycles. The zero-order valence-electron chi connectivity index (χ0n) is 8.11. The molecule has 2 N–H and O–H groups in total. The minimum Gasteiger partial charge on any atom is -0.423 e. The van der Waals surface area contributed by atoms with Crippen LogP contribution >= 0.6 is 0 Å². The van der Waals surface area contributed by atoms with Crippen LogP contribution in [0, 0.1) is 0 Å². The molecule has 6 heteroatoms. The summed E-state index contributed by atoms with van der Waals surface area (Å²) in [4.78, 5) is 3.87. The molecule has 1 aliphatic heterocycles. The quantitative estimate of drug-likeness (QED) is 0.640. The van der Waals surface area contributed by atoms with Crippen molar-refractivity contribution in [2.45, 2.75) is 25.4 Å². The van der Waals surface area contributed by atoms with E-state index in [0.717, 1.165) is 0 Å². The fraction of sp³-hybridized carbons (Fsp3) is 0.444. The van der Waals surface area contributed by atoms with E-state index < -0.39 is 19.7 Å². The predicted octanol–water partition coefficient (Wildman–Crippen LogP) is -0.759. The first-order chi connectivity index (χ1) is 7.25. The van der Waals surface area contributed by atoms with Crippen LogP contribution in [0.3, 0.4) is 0 Å². The minimum atomic E-state index is -1.06. The van der Waals surface area contributed by atoms with Gasteiger partial charge in [0.05, 0.1) is 0 Å². The van der Waals surface area contributed by atoms with E-state index in [1.54, 1.807) is 18.3 Å². The Kier molecular flexibility index (Phi) is 3.32. The van der Waals surface area contributed by atoms with Crippen LogP contribution in [0.2, 0.25) is 0 Å². The number of nitrogens with zero attached hydrogens (tertiary/aromatic N) is 1. The van der Waals surface area contributed by atoms with Crippen molar-refractivity contribution in [2.24, 2.45) is 0 Å².